The Morgan fingerprint density at radius 3 is 1.91 bits per heavy atom. The molecule has 0 atom stereocenters. The zero-order chi connectivity index (χ0) is 23.8. The van der Waals surface area contributed by atoms with E-state index in [0.717, 1.165) is 0 Å². The zero-order valence-electron chi connectivity index (χ0n) is 17.4. The quantitative estimate of drug-likeness (QED) is 0.366. The minimum atomic E-state index is -4.62. The van der Waals surface area contributed by atoms with Crippen LogP contribution >= 0.6 is 0 Å². The molecule has 0 saturated heterocycles. The van der Waals surface area contributed by atoms with Crippen LogP contribution in [-0.4, -0.2) is 41.9 Å². The molecule has 0 spiro atoms. The minimum Gasteiger partial charge on any atom is -0.452 e. The van der Waals surface area contributed by atoms with Gasteiger partial charge in [0.05, 0.1) is 5.56 Å². The molecule has 0 aliphatic heterocycles. The van der Waals surface area contributed by atoms with Gasteiger partial charge in [0.1, 0.15) is 6.54 Å². The van der Waals surface area contributed by atoms with E-state index in [1.807, 2.05) is 0 Å². The van der Waals surface area contributed by atoms with Crippen LogP contribution in [0.2, 0.25) is 0 Å². The van der Waals surface area contributed by atoms with Crippen molar-refractivity contribution in [2.75, 3.05) is 13.2 Å². The van der Waals surface area contributed by atoms with Gasteiger partial charge in [0, 0.05) is 17.7 Å². The number of alkyl halides is 3. The second-order valence-corrected chi connectivity index (χ2v) is 7.17. The van der Waals surface area contributed by atoms with Crippen molar-refractivity contribution in [2.24, 2.45) is 0 Å². The first-order valence-corrected chi connectivity index (χ1v) is 9.99. The Morgan fingerprint density at radius 2 is 1.30 bits per heavy atom. The maximum Gasteiger partial charge on any atom is 0.406 e. The van der Waals surface area contributed by atoms with Crippen LogP contribution in [-0.2, 0) is 16.1 Å². The van der Waals surface area contributed by atoms with Crippen LogP contribution in [0.1, 0.15) is 31.8 Å². The SMILES string of the molecule is O=C(OCC(=O)N(Cc1ccccc1)CC(F)(F)F)c1ccccc1C(=O)c1ccccc1. The van der Waals surface area contributed by atoms with Crippen molar-refractivity contribution in [3.05, 3.63) is 107 Å². The van der Waals surface area contributed by atoms with Crippen LogP contribution in [0.4, 0.5) is 13.2 Å². The lowest BCUT2D eigenvalue weighted by atomic mass is 9.98. The number of nitrogens with zero attached hydrogens (tertiary/aromatic N) is 1. The van der Waals surface area contributed by atoms with Gasteiger partial charge < -0.3 is 9.64 Å². The van der Waals surface area contributed by atoms with Crippen LogP contribution in [0.15, 0.2) is 84.9 Å². The fourth-order valence-corrected chi connectivity index (χ4v) is 3.15. The largest absolute Gasteiger partial charge is 0.452 e. The second-order valence-electron chi connectivity index (χ2n) is 7.17. The van der Waals surface area contributed by atoms with E-state index in [2.05, 4.69) is 0 Å². The monoisotopic (exact) mass is 455 g/mol. The number of amides is 1. The van der Waals surface area contributed by atoms with Gasteiger partial charge in [-0.2, -0.15) is 13.2 Å². The summed E-state index contributed by atoms with van der Waals surface area (Å²) in [7, 11) is 0. The first-order chi connectivity index (χ1) is 15.7. The topological polar surface area (TPSA) is 63.7 Å². The van der Waals surface area contributed by atoms with Gasteiger partial charge in [-0.25, -0.2) is 4.79 Å². The summed E-state index contributed by atoms with van der Waals surface area (Å²) in [6.45, 7) is -2.67. The van der Waals surface area contributed by atoms with E-state index in [4.69, 9.17) is 4.74 Å². The number of halogens is 3. The molecule has 1 amide bonds. The Balaban J connectivity index is 1.72. The van der Waals surface area contributed by atoms with Crippen LogP contribution in [0.25, 0.3) is 0 Å². The van der Waals surface area contributed by atoms with Crippen LogP contribution in [0, 0.1) is 0 Å². The lowest BCUT2D eigenvalue weighted by Gasteiger charge is -2.24. The highest BCUT2D eigenvalue weighted by molar-refractivity contribution is 6.14. The first-order valence-electron chi connectivity index (χ1n) is 9.99. The lowest BCUT2D eigenvalue weighted by molar-refractivity contribution is -0.164. The van der Waals surface area contributed by atoms with Crippen molar-refractivity contribution in [1.82, 2.24) is 4.90 Å². The van der Waals surface area contributed by atoms with E-state index in [0.29, 0.717) is 16.0 Å². The molecule has 0 aromatic heterocycles. The summed E-state index contributed by atoms with van der Waals surface area (Å²) in [6, 6.07) is 22.3. The Hall–Kier alpha value is -3.94. The average molecular weight is 455 g/mol. The minimum absolute atomic E-state index is 0.0672. The lowest BCUT2D eigenvalue weighted by Crippen LogP contribution is -2.40. The molecule has 0 aliphatic rings. The van der Waals surface area contributed by atoms with Crippen molar-refractivity contribution in [2.45, 2.75) is 12.7 Å². The van der Waals surface area contributed by atoms with E-state index in [9.17, 15) is 27.6 Å². The van der Waals surface area contributed by atoms with Gasteiger partial charge in [0.2, 0.25) is 0 Å². The highest BCUT2D eigenvalue weighted by Crippen LogP contribution is 2.19. The van der Waals surface area contributed by atoms with Crippen molar-refractivity contribution in [1.29, 1.82) is 0 Å². The van der Waals surface area contributed by atoms with E-state index >= 15 is 0 Å². The van der Waals surface area contributed by atoms with Gasteiger partial charge in [-0.05, 0) is 11.6 Å². The smallest absolute Gasteiger partial charge is 0.406 e. The number of hydrogen-bond donors (Lipinski definition) is 0. The highest BCUT2D eigenvalue weighted by atomic mass is 19.4. The third-order valence-electron chi connectivity index (χ3n) is 4.69. The molecule has 0 unspecified atom stereocenters. The van der Waals surface area contributed by atoms with Gasteiger partial charge in [0.15, 0.2) is 12.4 Å². The van der Waals surface area contributed by atoms with E-state index in [-0.39, 0.29) is 17.7 Å². The van der Waals surface area contributed by atoms with Gasteiger partial charge in [-0.3, -0.25) is 9.59 Å². The molecule has 0 aliphatic carbocycles. The Bertz CT molecular complexity index is 1120. The maximum atomic E-state index is 13.0. The molecular weight excluding hydrogens is 435 g/mol. The molecule has 33 heavy (non-hydrogen) atoms. The molecule has 0 bridgehead atoms. The molecule has 3 aromatic carbocycles. The van der Waals surface area contributed by atoms with Gasteiger partial charge in [0.25, 0.3) is 5.91 Å². The highest BCUT2D eigenvalue weighted by Gasteiger charge is 2.33. The molecule has 170 valence electrons. The van der Waals surface area contributed by atoms with Gasteiger partial charge in [-0.1, -0.05) is 78.9 Å². The number of esters is 1. The summed E-state index contributed by atoms with van der Waals surface area (Å²) in [6.07, 6.45) is -4.62. The second kappa shape index (κ2) is 10.6. The standard InChI is InChI=1S/C25H20F3NO4/c26-25(27,28)17-29(15-18-9-3-1-4-10-18)22(30)16-33-24(32)21-14-8-7-13-20(21)23(31)19-11-5-2-6-12-19/h1-14H,15-17H2. The number of rotatable bonds is 8. The number of carbonyl (C=O) groups excluding carboxylic acids is 3. The Labute approximate surface area is 188 Å². The molecule has 0 fully saturated rings. The van der Waals surface area contributed by atoms with E-state index in [1.165, 1.54) is 18.2 Å². The fraction of sp³-hybridized carbons (Fsp3) is 0.160. The third kappa shape index (κ3) is 6.77. The molecule has 0 N–H and O–H groups in total. The van der Waals surface area contributed by atoms with Crippen molar-refractivity contribution >= 4 is 17.7 Å². The van der Waals surface area contributed by atoms with Crippen molar-refractivity contribution in [3.8, 4) is 0 Å². The molecule has 3 aromatic rings. The number of ketones is 1. The summed E-state index contributed by atoms with van der Waals surface area (Å²) in [5, 5.41) is 0. The zero-order valence-corrected chi connectivity index (χ0v) is 17.4. The van der Waals surface area contributed by atoms with Gasteiger partial charge >= 0.3 is 12.1 Å². The van der Waals surface area contributed by atoms with Crippen molar-refractivity contribution < 1.29 is 32.3 Å². The normalized spacial score (nSPS) is 11.0. The predicted molar refractivity (Wildman–Crippen MR) is 115 cm³/mol. The number of ether oxygens (including phenoxy) is 1. The molecule has 8 heteroatoms. The van der Waals surface area contributed by atoms with Crippen molar-refractivity contribution in [3.63, 3.8) is 0 Å². The van der Waals surface area contributed by atoms with Crippen LogP contribution in [0.5, 0.6) is 0 Å². The van der Waals surface area contributed by atoms with E-state index in [1.54, 1.807) is 66.7 Å². The molecular formula is C25H20F3NO4. The maximum absolute atomic E-state index is 13.0. The fourth-order valence-electron chi connectivity index (χ4n) is 3.15. The van der Waals surface area contributed by atoms with Crippen LogP contribution in [0.3, 0.4) is 0 Å². The third-order valence-corrected chi connectivity index (χ3v) is 4.69. The summed E-state index contributed by atoms with van der Waals surface area (Å²) in [5.41, 5.74) is 0.843. The predicted octanol–water partition coefficient (Wildman–Crippen LogP) is 4.67. The molecule has 5 nitrogen and oxygen atoms in total. The molecule has 0 radical (unpaired) electrons. The Kier molecular flexibility index (Phi) is 7.61. The molecule has 0 heterocycles. The Morgan fingerprint density at radius 1 is 0.758 bits per heavy atom. The number of hydrogen-bond acceptors (Lipinski definition) is 4. The first kappa shape index (κ1) is 23.7. The average Bonchev–Trinajstić information content (AvgIpc) is 2.82. The number of carbonyl (C=O) groups is 3. The molecule has 0 saturated carbocycles. The summed E-state index contributed by atoms with van der Waals surface area (Å²) < 4.78 is 44.0. The number of benzene rings is 3. The van der Waals surface area contributed by atoms with Gasteiger partial charge in [-0.15, -0.1) is 0 Å². The summed E-state index contributed by atoms with van der Waals surface area (Å²) >= 11 is 0. The summed E-state index contributed by atoms with van der Waals surface area (Å²) in [5.74, 6) is -2.40. The van der Waals surface area contributed by atoms with E-state index < -0.39 is 37.0 Å². The summed E-state index contributed by atoms with van der Waals surface area (Å²) in [4.78, 5) is 38.4. The molecule has 3 rings (SSSR count). The van der Waals surface area contributed by atoms with Crippen LogP contribution < -0.4 is 0 Å².